The highest BCUT2D eigenvalue weighted by Crippen LogP contribution is 2.21. The number of carbonyl (C=O) groups excluding carboxylic acids is 2. The summed E-state index contributed by atoms with van der Waals surface area (Å²) in [6.07, 6.45) is 3.92. The maximum atomic E-state index is 12.5. The Morgan fingerprint density at radius 1 is 1.10 bits per heavy atom. The van der Waals surface area contributed by atoms with Gasteiger partial charge in [-0.25, -0.2) is 0 Å². The lowest BCUT2D eigenvalue weighted by atomic mass is 10.1. The van der Waals surface area contributed by atoms with Gasteiger partial charge in [0.15, 0.2) is 11.9 Å². The first-order chi connectivity index (χ1) is 10.1. The van der Waals surface area contributed by atoms with Gasteiger partial charge in [0.25, 0.3) is 5.91 Å². The lowest BCUT2D eigenvalue weighted by Gasteiger charge is -2.25. The molecular formula is C17H23NO3. The lowest BCUT2D eigenvalue weighted by Crippen LogP contribution is -2.41. The standard InChI is InChI=1S/C17H23NO3/c1-13(19)15-9-5-6-10-16(15)21-14(2)17(20)18-11-7-3-4-8-12-18/h5-6,9-10,14H,3-4,7-8,11-12H2,1-2H3. The van der Waals surface area contributed by atoms with Crippen LogP contribution in [0.1, 0.15) is 49.9 Å². The van der Waals surface area contributed by atoms with E-state index in [-0.39, 0.29) is 11.7 Å². The Morgan fingerprint density at radius 2 is 1.71 bits per heavy atom. The first-order valence-corrected chi connectivity index (χ1v) is 7.65. The molecule has 1 unspecified atom stereocenters. The van der Waals surface area contributed by atoms with Crippen molar-refractivity contribution in [3.63, 3.8) is 0 Å². The number of para-hydroxylation sites is 1. The highest BCUT2D eigenvalue weighted by Gasteiger charge is 2.23. The van der Waals surface area contributed by atoms with Crippen molar-refractivity contribution in [1.82, 2.24) is 4.90 Å². The van der Waals surface area contributed by atoms with E-state index in [1.807, 2.05) is 11.0 Å². The zero-order valence-corrected chi connectivity index (χ0v) is 12.8. The highest BCUT2D eigenvalue weighted by molar-refractivity contribution is 5.96. The summed E-state index contributed by atoms with van der Waals surface area (Å²) in [6, 6.07) is 7.07. The maximum Gasteiger partial charge on any atom is 0.263 e. The van der Waals surface area contributed by atoms with E-state index in [4.69, 9.17) is 4.74 Å². The third-order valence-corrected chi connectivity index (χ3v) is 3.84. The van der Waals surface area contributed by atoms with Gasteiger partial charge in [-0.15, -0.1) is 0 Å². The fourth-order valence-corrected chi connectivity index (χ4v) is 2.65. The van der Waals surface area contributed by atoms with Crippen LogP contribution in [-0.2, 0) is 4.79 Å². The molecule has 1 aromatic carbocycles. The number of likely N-dealkylation sites (tertiary alicyclic amines) is 1. The molecule has 21 heavy (non-hydrogen) atoms. The normalized spacial score (nSPS) is 17.0. The van der Waals surface area contributed by atoms with Crippen LogP contribution in [0.3, 0.4) is 0 Å². The van der Waals surface area contributed by atoms with Crippen molar-refractivity contribution in [2.24, 2.45) is 0 Å². The zero-order chi connectivity index (χ0) is 15.2. The SMILES string of the molecule is CC(=O)c1ccccc1OC(C)C(=O)N1CCCCCC1. The number of hydrogen-bond donors (Lipinski definition) is 0. The number of amides is 1. The smallest absolute Gasteiger partial charge is 0.263 e. The molecular weight excluding hydrogens is 266 g/mol. The summed E-state index contributed by atoms with van der Waals surface area (Å²) in [7, 11) is 0. The highest BCUT2D eigenvalue weighted by atomic mass is 16.5. The van der Waals surface area contributed by atoms with Gasteiger partial charge in [0.2, 0.25) is 0 Å². The van der Waals surface area contributed by atoms with Gasteiger partial charge in [0.1, 0.15) is 5.75 Å². The summed E-state index contributed by atoms with van der Waals surface area (Å²) in [5.41, 5.74) is 0.521. The number of nitrogens with zero attached hydrogens (tertiary/aromatic N) is 1. The topological polar surface area (TPSA) is 46.6 Å². The van der Waals surface area contributed by atoms with Crippen LogP contribution in [0.4, 0.5) is 0 Å². The molecule has 2 rings (SSSR count). The fraction of sp³-hybridized carbons (Fsp3) is 0.529. The van der Waals surface area contributed by atoms with Gasteiger partial charge in [0.05, 0.1) is 5.56 Å². The van der Waals surface area contributed by atoms with Crippen molar-refractivity contribution in [3.8, 4) is 5.75 Å². The molecule has 0 spiro atoms. The van der Waals surface area contributed by atoms with Gasteiger partial charge in [-0.2, -0.15) is 0 Å². The van der Waals surface area contributed by atoms with E-state index < -0.39 is 6.10 Å². The first-order valence-electron chi connectivity index (χ1n) is 7.65. The van der Waals surface area contributed by atoms with Crippen LogP contribution in [0.2, 0.25) is 0 Å². The minimum Gasteiger partial charge on any atom is -0.480 e. The Labute approximate surface area is 126 Å². The Balaban J connectivity index is 2.05. The zero-order valence-electron chi connectivity index (χ0n) is 12.8. The summed E-state index contributed by atoms with van der Waals surface area (Å²) < 4.78 is 5.75. The van der Waals surface area contributed by atoms with Crippen molar-refractivity contribution < 1.29 is 14.3 Å². The molecule has 0 aromatic heterocycles. The Hall–Kier alpha value is -1.84. The van der Waals surface area contributed by atoms with Gasteiger partial charge in [0, 0.05) is 13.1 Å². The number of rotatable bonds is 4. The molecule has 114 valence electrons. The quantitative estimate of drug-likeness (QED) is 0.800. The molecule has 4 heteroatoms. The lowest BCUT2D eigenvalue weighted by molar-refractivity contribution is -0.137. The van der Waals surface area contributed by atoms with E-state index in [9.17, 15) is 9.59 Å². The first kappa shape index (κ1) is 15.5. The fourth-order valence-electron chi connectivity index (χ4n) is 2.65. The van der Waals surface area contributed by atoms with Gasteiger partial charge < -0.3 is 9.64 Å². The molecule has 0 saturated carbocycles. The maximum absolute atomic E-state index is 12.5. The molecule has 1 heterocycles. The average molecular weight is 289 g/mol. The van der Waals surface area contributed by atoms with Crippen LogP contribution in [0.15, 0.2) is 24.3 Å². The molecule has 4 nitrogen and oxygen atoms in total. The van der Waals surface area contributed by atoms with E-state index in [1.54, 1.807) is 25.1 Å². The molecule has 1 aliphatic heterocycles. The summed E-state index contributed by atoms with van der Waals surface area (Å²) in [6.45, 7) is 4.87. The van der Waals surface area contributed by atoms with E-state index in [1.165, 1.54) is 19.8 Å². The monoisotopic (exact) mass is 289 g/mol. The third-order valence-electron chi connectivity index (χ3n) is 3.84. The second kappa shape index (κ2) is 7.25. The summed E-state index contributed by atoms with van der Waals surface area (Å²) >= 11 is 0. The minimum absolute atomic E-state index is 0.00950. The molecule has 0 aliphatic carbocycles. The van der Waals surface area contributed by atoms with Crippen LogP contribution >= 0.6 is 0 Å². The molecule has 1 atom stereocenters. The predicted molar refractivity (Wildman–Crippen MR) is 81.6 cm³/mol. The second-order valence-corrected chi connectivity index (χ2v) is 5.55. The van der Waals surface area contributed by atoms with Crippen LogP contribution in [0, 0.1) is 0 Å². The molecule has 1 aliphatic rings. The second-order valence-electron chi connectivity index (χ2n) is 5.55. The predicted octanol–water partition coefficient (Wildman–Crippen LogP) is 3.06. The Bertz CT molecular complexity index is 505. The summed E-state index contributed by atoms with van der Waals surface area (Å²) in [5.74, 6) is 0.441. The van der Waals surface area contributed by atoms with E-state index in [0.29, 0.717) is 11.3 Å². The van der Waals surface area contributed by atoms with E-state index in [0.717, 1.165) is 25.9 Å². The molecule has 0 N–H and O–H groups in total. The van der Waals surface area contributed by atoms with Crippen LogP contribution in [0.25, 0.3) is 0 Å². The molecule has 1 amide bonds. The Kier molecular flexibility index (Phi) is 5.37. The van der Waals surface area contributed by atoms with Crippen molar-refractivity contribution in [2.75, 3.05) is 13.1 Å². The number of ether oxygens (including phenoxy) is 1. The molecule has 1 fully saturated rings. The van der Waals surface area contributed by atoms with Crippen molar-refractivity contribution in [3.05, 3.63) is 29.8 Å². The number of ketones is 1. The summed E-state index contributed by atoms with van der Waals surface area (Å²) in [4.78, 5) is 25.9. The third kappa shape index (κ3) is 4.06. The molecule has 0 bridgehead atoms. The van der Waals surface area contributed by atoms with Crippen LogP contribution in [-0.4, -0.2) is 35.8 Å². The molecule has 0 radical (unpaired) electrons. The number of benzene rings is 1. The van der Waals surface area contributed by atoms with Crippen LogP contribution < -0.4 is 4.74 Å². The number of Topliss-reactive ketones (excluding diaryl/α,β-unsaturated/α-hetero) is 1. The van der Waals surface area contributed by atoms with E-state index in [2.05, 4.69) is 0 Å². The van der Waals surface area contributed by atoms with Crippen molar-refractivity contribution in [1.29, 1.82) is 0 Å². The largest absolute Gasteiger partial charge is 0.480 e. The van der Waals surface area contributed by atoms with Crippen molar-refractivity contribution in [2.45, 2.75) is 45.6 Å². The van der Waals surface area contributed by atoms with Gasteiger partial charge in [-0.3, -0.25) is 9.59 Å². The van der Waals surface area contributed by atoms with Gasteiger partial charge in [-0.1, -0.05) is 25.0 Å². The van der Waals surface area contributed by atoms with Crippen LogP contribution in [0.5, 0.6) is 5.75 Å². The molecule has 1 aromatic rings. The van der Waals surface area contributed by atoms with Gasteiger partial charge >= 0.3 is 0 Å². The minimum atomic E-state index is -0.566. The number of carbonyl (C=O) groups is 2. The van der Waals surface area contributed by atoms with E-state index >= 15 is 0 Å². The van der Waals surface area contributed by atoms with Gasteiger partial charge in [-0.05, 0) is 38.8 Å². The number of hydrogen-bond acceptors (Lipinski definition) is 3. The Morgan fingerprint density at radius 3 is 2.33 bits per heavy atom. The summed E-state index contributed by atoms with van der Waals surface area (Å²) in [5, 5.41) is 0. The average Bonchev–Trinajstić information content (AvgIpc) is 2.75. The molecule has 1 saturated heterocycles. The van der Waals surface area contributed by atoms with Crippen molar-refractivity contribution >= 4 is 11.7 Å².